The van der Waals surface area contributed by atoms with E-state index in [-0.39, 0.29) is 17.9 Å². The number of ether oxygens (including phenoxy) is 1. The van der Waals surface area contributed by atoms with Gasteiger partial charge in [0.1, 0.15) is 5.65 Å². The fourth-order valence-electron chi connectivity index (χ4n) is 3.02. The summed E-state index contributed by atoms with van der Waals surface area (Å²) in [6.07, 6.45) is 1.96. The second kappa shape index (κ2) is 5.87. The molecule has 2 aromatic heterocycles. The lowest BCUT2D eigenvalue weighted by molar-refractivity contribution is -0.0708. The Bertz CT molecular complexity index is 705. The first-order chi connectivity index (χ1) is 10.4. The van der Waals surface area contributed by atoms with Gasteiger partial charge in [-0.3, -0.25) is 4.90 Å². The number of morpholine rings is 1. The number of pyridine rings is 1. The number of carboxylic acids is 1. The van der Waals surface area contributed by atoms with Gasteiger partial charge in [0.25, 0.3) is 0 Å². The van der Waals surface area contributed by atoms with Crippen molar-refractivity contribution in [1.29, 1.82) is 0 Å². The van der Waals surface area contributed by atoms with Crippen LogP contribution in [0.5, 0.6) is 0 Å². The van der Waals surface area contributed by atoms with Crippen molar-refractivity contribution in [2.24, 2.45) is 0 Å². The highest BCUT2D eigenvalue weighted by Gasteiger charge is 2.26. The molecule has 0 bridgehead atoms. The SMILES string of the molecule is CC1CN(Cc2c(C(=O)O)nc3ccc(Cl)cn23)CC(C)O1. The normalized spacial score (nSPS) is 23.0. The third kappa shape index (κ3) is 2.95. The zero-order valence-electron chi connectivity index (χ0n) is 12.5. The lowest BCUT2D eigenvalue weighted by Gasteiger charge is -2.35. The van der Waals surface area contributed by atoms with E-state index in [9.17, 15) is 9.90 Å². The van der Waals surface area contributed by atoms with E-state index in [0.717, 1.165) is 13.1 Å². The van der Waals surface area contributed by atoms with E-state index in [1.165, 1.54) is 0 Å². The van der Waals surface area contributed by atoms with Crippen LogP contribution in [0.15, 0.2) is 18.3 Å². The molecule has 2 unspecified atom stereocenters. The highest BCUT2D eigenvalue weighted by atomic mass is 35.5. The molecule has 7 heteroatoms. The molecule has 0 radical (unpaired) electrons. The molecule has 0 spiro atoms. The van der Waals surface area contributed by atoms with E-state index in [4.69, 9.17) is 16.3 Å². The predicted octanol–water partition coefficient (Wildman–Crippen LogP) is 2.30. The molecule has 1 fully saturated rings. The number of hydrogen-bond donors (Lipinski definition) is 1. The number of fused-ring (bicyclic) bond motifs is 1. The molecule has 2 atom stereocenters. The lowest BCUT2D eigenvalue weighted by atomic mass is 10.2. The zero-order valence-corrected chi connectivity index (χ0v) is 13.2. The molecule has 1 aliphatic rings. The molecule has 0 aromatic carbocycles. The van der Waals surface area contributed by atoms with Crippen molar-refractivity contribution in [2.75, 3.05) is 13.1 Å². The smallest absolute Gasteiger partial charge is 0.356 e. The van der Waals surface area contributed by atoms with Crippen LogP contribution in [0.4, 0.5) is 0 Å². The Morgan fingerprint density at radius 3 is 2.73 bits per heavy atom. The highest BCUT2D eigenvalue weighted by Crippen LogP contribution is 2.20. The summed E-state index contributed by atoms with van der Waals surface area (Å²) in [7, 11) is 0. The molecule has 0 amide bonds. The summed E-state index contributed by atoms with van der Waals surface area (Å²) < 4.78 is 7.48. The number of halogens is 1. The molecule has 2 aromatic rings. The molecular formula is C15H18ClN3O3. The Labute approximate surface area is 133 Å². The first kappa shape index (κ1) is 15.3. The number of hydrogen-bond acceptors (Lipinski definition) is 4. The Morgan fingerprint density at radius 2 is 2.09 bits per heavy atom. The zero-order chi connectivity index (χ0) is 15.9. The fraction of sp³-hybridized carbons (Fsp3) is 0.467. The van der Waals surface area contributed by atoms with Gasteiger partial charge in [-0.25, -0.2) is 9.78 Å². The van der Waals surface area contributed by atoms with Crippen molar-refractivity contribution in [3.8, 4) is 0 Å². The van der Waals surface area contributed by atoms with Crippen LogP contribution in [-0.4, -0.2) is 50.7 Å². The van der Waals surface area contributed by atoms with Gasteiger partial charge in [0.05, 0.1) is 22.9 Å². The molecule has 22 heavy (non-hydrogen) atoms. The largest absolute Gasteiger partial charge is 0.476 e. The van der Waals surface area contributed by atoms with Gasteiger partial charge in [-0.15, -0.1) is 0 Å². The molecule has 1 saturated heterocycles. The summed E-state index contributed by atoms with van der Waals surface area (Å²) in [5.41, 5.74) is 1.31. The number of rotatable bonds is 3. The summed E-state index contributed by atoms with van der Waals surface area (Å²) in [4.78, 5) is 17.9. The van der Waals surface area contributed by atoms with Crippen LogP contribution in [0.25, 0.3) is 5.65 Å². The molecule has 0 aliphatic carbocycles. The van der Waals surface area contributed by atoms with Crippen LogP contribution < -0.4 is 0 Å². The molecule has 1 aliphatic heterocycles. The van der Waals surface area contributed by atoms with E-state index >= 15 is 0 Å². The highest BCUT2D eigenvalue weighted by molar-refractivity contribution is 6.30. The predicted molar refractivity (Wildman–Crippen MR) is 82.4 cm³/mol. The van der Waals surface area contributed by atoms with Gasteiger partial charge in [-0.1, -0.05) is 11.6 Å². The molecule has 3 heterocycles. The second-order valence-electron chi connectivity index (χ2n) is 5.74. The van der Waals surface area contributed by atoms with Crippen LogP contribution in [0, 0.1) is 0 Å². The van der Waals surface area contributed by atoms with Crippen LogP contribution in [0.3, 0.4) is 0 Å². The van der Waals surface area contributed by atoms with Crippen molar-refractivity contribution in [1.82, 2.24) is 14.3 Å². The van der Waals surface area contributed by atoms with Gasteiger partial charge in [0.15, 0.2) is 5.69 Å². The minimum atomic E-state index is -1.02. The summed E-state index contributed by atoms with van der Waals surface area (Å²) in [6, 6.07) is 3.43. The number of aromatic nitrogens is 2. The van der Waals surface area contributed by atoms with Crippen LogP contribution in [0.1, 0.15) is 30.0 Å². The molecule has 3 rings (SSSR count). The number of aromatic carboxylic acids is 1. The average Bonchev–Trinajstić information content (AvgIpc) is 2.76. The molecule has 1 N–H and O–H groups in total. The fourth-order valence-corrected chi connectivity index (χ4v) is 3.18. The van der Waals surface area contributed by atoms with E-state index in [1.807, 2.05) is 13.8 Å². The number of nitrogens with zero attached hydrogens (tertiary/aromatic N) is 3. The third-order valence-electron chi connectivity index (χ3n) is 3.75. The number of carboxylic acid groups (broad SMARTS) is 1. The van der Waals surface area contributed by atoms with Gasteiger partial charge >= 0.3 is 5.97 Å². The Balaban J connectivity index is 1.99. The average molecular weight is 324 g/mol. The maximum absolute atomic E-state index is 11.5. The molecular weight excluding hydrogens is 306 g/mol. The third-order valence-corrected chi connectivity index (χ3v) is 3.98. The summed E-state index contributed by atoms with van der Waals surface area (Å²) in [5.74, 6) is -1.02. The van der Waals surface area contributed by atoms with Gasteiger partial charge in [0, 0.05) is 25.8 Å². The monoisotopic (exact) mass is 323 g/mol. The van der Waals surface area contributed by atoms with Crippen LogP contribution in [-0.2, 0) is 11.3 Å². The van der Waals surface area contributed by atoms with E-state index in [1.54, 1.807) is 22.7 Å². The molecule has 0 saturated carbocycles. The second-order valence-corrected chi connectivity index (χ2v) is 6.18. The summed E-state index contributed by atoms with van der Waals surface area (Å²) in [6.45, 7) is 6.06. The van der Waals surface area contributed by atoms with Gasteiger partial charge in [-0.2, -0.15) is 0 Å². The van der Waals surface area contributed by atoms with Crippen molar-refractivity contribution in [3.63, 3.8) is 0 Å². The Kier molecular flexibility index (Phi) is 4.08. The minimum absolute atomic E-state index is 0.0778. The Morgan fingerprint density at radius 1 is 1.41 bits per heavy atom. The summed E-state index contributed by atoms with van der Waals surface area (Å²) in [5, 5.41) is 9.97. The van der Waals surface area contributed by atoms with E-state index in [0.29, 0.717) is 22.9 Å². The number of carbonyl (C=O) groups is 1. The van der Waals surface area contributed by atoms with Gasteiger partial charge in [-0.05, 0) is 26.0 Å². The minimum Gasteiger partial charge on any atom is -0.476 e. The molecule has 6 nitrogen and oxygen atoms in total. The molecule has 118 valence electrons. The van der Waals surface area contributed by atoms with E-state index in [2.05, 4.69) is 9.88 Å². The van der Waals surface area contributed by atoms with Crippen molar-refractivity contribution in [3.05, 3.63) is 34.7 Å². The maximum Gasteiger partial charge on any atom is 0.356 e. The Hall–Kier alpha value is -1.63. The van der Waals surface area contributed by atoms with Gasteiger partial charge in [0.2, 0.25) is 0 Å². The lowest BCUT2D eigenvalue weighted by Crippen LogP contribution is -2.45. The quantitative estimate of drug-likeness (QED) is 0.938. The van der Waals surface area contributed by atoms with Crippen LogP contribution >= 0.6 is 11.6 Å². The topological polar surface area (TPSA) is 67.1 Å². The first-order valence-corrected chi connectivity index (χ1v) is 7.59. The van der Waals surface area contributed by atoms with Crippen molar-refractivity contribution >= 4 is 23.2 Å². The van der Waals surface area contributed by atoms with Crippen LogP contribution in [0.2, 0.25) is 5.02 Å². The standard InChI is InChI=1S/C15H18ClN3O3/c1-9-5-18(6-10(2)22-9)8-12-14(15(20)21)17-13-4-3-11(16)7-19(12)13/h3-4,7,9-10H,5-6,8H2,1-2H3,(H,20,21). The maximum atomic E-state index is 11.5. The number of imidazole rings is 1. The van der Waals surface area contributed by atoms with Crippen molar-refractivity contribution < 1.29 is 14.6 Å². The summed E-state index contributed by atoms with van der Waals surface area (Å²) >= 11 is 6.04. The van der Waals surface area contributed by atoms with Gasteiger partial charge < -0.3 is 14.2 Å². The van der Waals surface area contributed by atoms with Crippen molar-refractivity contribution in [2.45, 2.75) is 32.6 Å². The van der Waals surface area contributed by atoms with E-state index < -0.39 is 5.97 Å². The first-order valence-electron chi connectivity index (χ1n) is 7.21.